The highest BCUT2D eigenvalue weighted by Gasteiger charge is 2.30. The monoisotopic (exact) mass is 294 g/mol. The molecule has 1 heterocycles. The Morgan fingerprint density at radius 2 is 2.33 bits per heavy atom. The smallest absolute Gasteiger partial charge is 0.264 e. The van der Waals surface area contributed by atoms with Gasteiger partial charge >= 0.3 is 0 Å². The van der Waals surface area contributed by atoms with Crippen molar-refractivity contribution in [2.45, 2.75) is 32.1 Å². The lowest BCUT2D eigenvalue weighted by Gasteiger charge is -2.24. The summed E-state index contributed by atoms with van der Waals surface area (Å²) in [7, 11) is 0. The van der Waals surface area contributed by atoms with Crippen molar-refractivity contribution in [2.75, 3.05) is 5.73 Å². The van der Waals surface area contributed by atoms with Crippen molar-refractivity contribution < 1.29 is 21.9 Å². The van der Waals surface area contributed by atoms with Crippen molar-refractivity contribution in [2.24, 2.45) is 0 Å². The van der Waals surface area contributed by atoms with Crippen molar-refractivity contribution in [1.29, 1.82) is 0 Å². The summed E-state index contributed by atoms with van der Waals surface area (Å²) in [6.07, 6.45) is -6.65. The van der Waals surface area contributed by atoms with Crippen LogP contribution in [0, 0.1) is 6.85 Å². The average molecular weight is 294 g/mol. The number of nitrogens with zero attached hydrogens (tertiary/aromatic N) is 2. The van der Waals surface area contributed by atoms with Gasteiger partial charge in [0.2, 0.25) is 0 Å². The Balaban J connectivity index is 2.56. The van der Waals surface area contributed by atoms with E-state index in [0.29, 0.717) is 0 Å². The van der Waals surface area contributed by atoms with Gasteiger partial charge in [-0.2, -0.15) is 0 Å². The van der Waals surface area contributed by atoms with Gasteiger partial charge in [-0.1, -0.05) is 6.07 Å². The molecule has 108 valence electrons. The fourth-order valence-electron chi connectivity index (χ4n) is 2.05. The minimum atomic E-state index is -3.21. The standard InChI is InChI=1S/C15H15N3O3/c1-8-17-11-4-2-3-10(16)14(11)15(21)18(8)12-6-5-9(19)7-13(12)20/h2-4,12H,5-7,16H2,1H3/i1D3,3D,4D,5D2,6D,12D. The summed E-state index contributed by atoms with van der Waals surface area (Å²) in [6, 6.07) is -3.17. The highest BCUT2D eigenvalue weighted by Crippen LogP contribution is 2.24. The molecule has 3 rings (SSSR count). The number of nitrogen functional groups attached to an aromatic ring is 1. The first kappa shape index (κ1) is 6.51. The zero-order valence-corrected chi connectivity index (χ0v) is 10.6. The van der Waals surface area contributed by atoms with Crippen molar-refractivity contribution in [3.63, 3.8) is 0 Å². The van der Waals surface area contributed by atoms with Crippen molar-refractivity contribution >= 4 is 28.2 Å². The summed E-state index contributed by atoms with van der Waals surface area (Å²) in [4.78, 5) is 41.6. The Labute approximate surface area is 133 Å². The van der Waals surface area contributed by atoms with Gasteiger partial charge in [0.05, 0.1) is 27.5 Å². The molecule has 0 radical (unpaired) electrons. The summed E-state index contributed by atoms with van der Waals surface area (Å²) >= 11 is 0. The third kappa shape index (κ3) is 2.12. The molecule has 0 amide bonds. The average Bonchev–Trinajstić information content (AvgIpc) is 2.62. The Bertz CT molecular complexity index is 1170. The van der Waals surface area contributed by atoms with Crippen LogP contribution >= 0.6 is 0 Å². The minimum absolute atomic E-state index is 0.0574. The van der Waals surface area contributed by atoms with Gasteiger partial charge in [-0.05, 0) is 25.3 Å². The summed E-state index contributed by atoms with van der Waals surface area (Å²) in [5, 5.41) is -0.607. The van der Waals surface area contributed by atoms with Crippen LogP contribution in [0.5, 0.6) is 0 Å². The van der Waals surface area contributed by atoms with Crippen LogP contribution in [0.3, 0.4) is 0 Å². The minimum Gasteiger partial charge on any atom is -0.398 e. The number of hydrogen-bond acceptors (Lipinski definition) is 5. The van der Waals surface area contributed by atoms with E-state index in [1.807, 2.05) is 0 Å². The first-order valence-electron chi connectivity index (χ1n) is 10.5. The van der Waals surface area contributed by atoms with Gasteiger partial charge in [0, 0.05) is 20.3 Å². The Morgan fingerprint density at radius 3 is 3.10 bits per heavy atom. The summed E-state index contributed by atoms with van der Waals surface area (Å²) in [6.45, 7) is -3.21. The highest BCUT2D eigenvalue weighted by atomic mass is 16.2. The number of rotatable bonds is 1. The number of hydrogen-bond donors (Lipinski definition) is 1. The normalized spacial score (nSPS) is 35.4. The number of anilines is 1. The molecule has 1 aliphatic carbocycles. The lowest BCUT2D eigenvalue weighted by Crippen LogP contribution is -2.36. The van der Waals surface area contributed by atoms with Crippen LogP contribution < -0.4 is 11.3 Å². The number of aryl methyl sites for hydroxylation is 1. The van der Waals surface area contributed by atoms with E-state index in [2.05, 4.69) is 4.98 Å². The van der Waals surface area contributed by atoms with Crippen LogP contribution in [0.2, 0.25) is 0 Å². The predicted octanol–water partition coefficient (Wildman–Crippen LogP) is 1.15. The fraction of sp³-hybridized carbons (Fsp3) is 0.333. The number of carbonyl (C=O) groups excluding carboxylic acids is 2. The molecule has 0 bridgehead atoms. The molecule has 1 fully saturated rings. The summed E-state index contributed by atoms with van der Waals surface area (Å²) < 4.78 is 71.0. The summed E-state index contributed by atoms with van der Waals surface area (Å²) in [5.41, 5.74) is 3.38. The van der Waals surface area contributed by atoms with E-state index in [4.69, 9.17) is 18.1 Å². The van der Waals surface area contributed by atoms with E-state index in [9.17, 15) is 14.4 Å². The zero-order chi connectivity index (χ0) is 23.0. The van der Waals surface area contributed by atoms with Gasteiger partial charge in [-0.3, -0.25) is 19.0 Å². The maximum Gasteiger partial charge on any atom is 0.264 e. The van der Waals surface area contributed by atoms with Crippen LogP contribution in [0.25, 0.3) is 10.9 Å². The molecule has 2 unspecified atom stereocenters. The number of ketones is 2. The summed E-state index contributed by atoms with van der Waals surface area (Å²) in [5.74, 6) is -3.76. The molecule has 21 heavy (non-hydrogen) atoms. The Kier molecular flexibility index (Phi) is 1.49. The lowest BCUT2D eigenvalue weighted by molar-refractivity contribution is -0.132. The number of fused-ring (bicyclic) bond motifs is 1. The number of carbonyl (C=O) groups is 2. The topological polar surface area (TPSA) is 95.0 Å². The molecule has 1 aliphatic rings. The molecule has 0 saturated heterocycles. The van der Waals surface area contributed by atoms with Gasteiger partial charge in [-0.25, -0.2) is 4.98 Å². The van der Waals surface area contributed by atoms with Gasteiger partial charge in [0.15, 0.2) is 5.78 Å². The van der Waals surface area contributed by atoms with Gasteiger partial charge in [-0.15, -0.1) is 0 Å². The first-order chi connectivity index (χ1) is 13.6. The quantitative estimate of drug-likeness (QED) is 0.629. The van der Waals surface area contributed by atoms with E-state index in [0.717, 1.165) is 6.07 Å². The molecule has 1 aromatic carbocycles. The highest BCUT2D eigenvalue weighted by molar-refractivity contribution is 6.03. The largest absolute Gasteiger partial charge is 0.398 e. The van der Waals surface area contributed by atoms with E-state index in [-0.39, 0.29) is 4.57 Å². The SMILES string of the molecule is [2H]c1cc([2H])c2nc(C([2H])([2H])[2H])n(C3([2H])C(=O)CC(=O)C([2H])([2H])C3[2H])c(=O)c2c1N. The van der Waals surface area contributed by atoms with Crippen LogP contribution in [0.4, 0.5) is 5.69 Å². The van der Waals surface area contributed by atoms with E-state index < -0.39 is 83.7 Å². The van der Waals surface area contributed by atoms with Crippen molar-refractivity contribution in [3.05, 3.63) is 34.3 Å². The third-order valence-electron chi connectivity index (χ3n) is 3.01. The fourth-order valence-corrected chi connectivity index (χ4v) is 2.05. The number of nitrogens with two attached hydrogens (primary N) is 1. The van der Waals surface area contributed by atoms with Gasteiger partial charge < -0.3 is 5.73 Å². The third-order valence-corrected chi connectivity index (χ3v) is 3.01. The molecular formula is C15H15N3O3. The molecule has 1 aromatic heterocycles. The first-order valence-corrected chi connectivity index (χ1v) is 5.88. The predicted molar refractivity (Wildman–Crippen MR) is 78.1 cm³/mol. The Hall–Kier alpha value is -2.50. The van der Waals surface area contributed by atoms with Crippen molar-refractivity contribution in [3.8, 4) is 0 Å². The maximum atomic E-state index is 13.3. The molecule has 2 atom stereocenters. The van der Waals surface area contributed by atoms with Gasteiger partial charge in [0.1, 0.15) is 11.6 Å². The molecule has 2 aromatic rings. The molecule has 2 N–H and O–H groups in total. The second-order valence-electron chi connectivity index (χ2n) is 4.34. The van der Waals surface area contributed by atoms with E-state index in [1.165, 1.54) is 0 Å². The maximum absolute atomic E-state index is 13.3. The Morgan fingerprint density at radius 1 is 1.52 bits per heavy atom. The van der Waals surface area contributed by atoms with E-state index >= 15 is 0 Å². The number of Topliss-reactive ketones (excluding diaryl/α,β-unsaturated/α-hetero) is 2. The molecule has 1 saturated carbocycles. The van der Waals surface area contributed by atoms with Crippen LogP contribution in [-0.4, -0.2) is 21.1 Å². The molecule has 0 aliphatic heterocycles. The molecule has 6 nitrogen and oxygen atoms in total. The molecule has 6 heteroatoms. The number of aromatic nitrogens is 2. The zero-order valence-electron chi connectivity index (χ0n) is 19.6. The van der Waals surface area contributed by atoms with Crippen molar-refractivity contribution in [1.82, 2.24) is 9.55 Å². The van der Waals surface area contributed by atoms with Crippen LogP contribution in [-0.2, 0) is 9.59 Å². The second-order valence-corrected chi connectivity index (χ2v) is 4.34. The van der Waals surface area contributed by atoms with Gasteiger partial charge in [0.25, 0.3) is 5.56 Å². The van der Waals surface area contributed by atoms with Crippen LogP contribution in [0.1, 0.15) is 43.4 Å². The second kappa shape index (κ2) is 4.80. The molecular weight excluding hydrogens is 270 g/mol. The van der Waals surface area contributed by atoms with E-state index in [1.54, 1.807) is 0 Å². The van der Waals surface area contributed by atoms with Crippen LogP contribution in [0.15, 0.2) is 22.9 Å². The number of benzene rings is 1. The molecule has 0 spiro atoms. The lowest BCUT2D eigenvalue weighted by atomic mass is 9.92.